The van der Waals surface area contributed by atoms with Crippen LogP contribution >= 0.6 is 0 Å². The van der Waals surface area contributed by atoms with Gasteiger partial charge in [-0.2, -0.15) is 0 Å². The molecule has 1 aliphatic rings. The Bertz CT molecular complexity index is 520. The average molecular weight is 317 g/mol. The van der Waals surface area contributed by atoms with E-state index in [1.54, 1.807) is 0 Å². The molecule has 23 heavy (non-hydrogen) atoms. The highest BCUT2D eigenvalue weighted by atomic mass is 16.5. The molecule has 0 N–H and O–H groups in total. The summed E-state index contributed by atoms with van der Waals surface area (Å²) in [6.07, 6.45) is 1.05. The van der Waals surface area contributed by atoms with E-state index < -0.39 is 0 Å². The fraction of sp³-hybridized carbons (Fsp3) is 0.650. The second-order valence-corrected chi connectivity index (χ2v) is 8.05. The van der Waals surface area contributed by atoms with Crippen molar-refractivity contribution >= 4 is 5.91 Å². The van der Waals surface area contributed by atoms with Crippen molar-refractivity contribution in [2.45, 2.75) is 65.6 Å². The highest BCUT2D eigenvalue weighted by Gasteiger charge is 2.28. The number of morpholine rings is 1. The zero-order chi connectivity index (χ0) is 17.2. The summed E-state index contributed by atoms with van der Waals surface area (Å²) < 4.78 is 5.72. The Hall–Kier alpha value is -1.35. The Kier molecular flexibility index (Phi) is 5.51. The molecule has 3 atom stereocenters. The predicted octanol–water partition coefficient (Wildman–Crippen LogP) is 3.80. The Morgan fingerprint density at radius 2 is 1.70 bits per heavy atom. The molecule has 3 heteroatoms. The summed E-state index contributed by atoms with van der Waals surface area (Å²) in [6, 6.07) is 8.70. The lowest BCUT2D eigenvalue weighted by Gasteiger charge is -2.36. The largest absolute Gasteiger partial charge is 0.372 e. The van der Waals surface area contributed by atoms with E-state index in [0.29, 0.717) is 13.1 Å². The molecule has 0 aliphatic carbocycles. The molecule has 128 valence electrons. The number of hydrogen-bond donors (Lipinski definition) is 0. The minimum absolute atomic E-state index is 0.00740. The van der Waals surface area contributed by atoms with Crippen molar-refractivity contribution in [1.29, 1.82) is 0 Å². The normalized spacial score (nSPS) is 23.7. The quantitative estimate of drug-likeness (QED) is 0.848. The summed E-state index contributed by atoms with van der Waals surface area (Å²) in [5.74, 6) is 0.250. The van der Waals surface area contributed by atoms with Crippen molar-refractivity contribution in [3.63, 3.8) is 0 Å². The van der Waals surface area contributed by atoms with Gasteiger partial charge in [-0.3, -0.25) is 4.79 Å². The van der Waals surface area contributed by atoms with Gasteiger partial charge in [-0.1, -0.05) is 52.0 Å². The Morgan fingerprint density at radius 3 is 2.17 bits per heavy atom. The van der Waals surface area contributed by atoms with Crippen molar-refractivity contribution in [3.8, 4) is 0 Å². The fourth-order valence-corrected chi connectivity index (χ4v) is 3.25. The van der Waals surface area contributed by atoms with Crippen LogP contribution in [0.1, 0.15) is 52.7 Å². The first-order valence-electron chi connectivity index (χ1n) is 8.70. The molecule has 0 radical (unpaired) electrons. The van der Waals surface area contributed by atoms with E-state index in [1.807, 2.05) is 25.7 Å². The number of ether oxygens (including phenoxy) is 1. The van der Waals surface area contributed by atoms with Gasteiger partial charge in [0.15, 0.2) is 0 Å². The van der Waals surface area contributed by atoms with Gasteiger partial charge in [-0.15, -0.1) is 0 Å². The van der Waals surface area contributed by atoms with Crippen LogP contribution < -0.4 is 0 Å². The van der Waals surface area contributed by atoms with E-state index in [4.69, 9.17) is 4.74 Å². The number of hydrogen-bond acceptors (Lipinski definition) is 2. The first-order chi connectivity index (χ1) is 10.7. The third-order valence-corrected chi connectivity index (χ3v) is 4.51. The number of carbonyl (C=O) groups excluding carboxylic acids is 1. The molecule has 0 bridgehead atoms. The lowest BCUT2D eigenvalue weighted by atomic mass is 9.86. The molecular weight excluding hydrogens is 286 g/mol. The summed E-state index contributed by atoms with van der Waals surface area (Å²) in [7, 11) is 0. The van der Waals surface area contributed by atoms with Crippen molar-refractivity contribution in [1.82, 2.24) is 4.90 Å². The van der Waals surface area contributed by atoms with E-state index in [9.17, 15) is 4.79 Å². The van der Waals surface area contributed by atoms with Gasteiger partial charge in [0.1, 0.15) is 0 Å². The van der Waals surface area contributed by atoms with Gasteiger partial charge in [-0.05, 0) is 36.8 Å². The smallest absolute Gasteiger partial charge is 0.225 e. The highest BCUT2D eigenvalue weighted by Crippen LogP contribution is 2.23. The van der Waals surface area contributed by atoms with E-state index in [1.165, 1.54) is 11.1 Å². The van der Waals surface area contributed by atoms with Gasteiger partial charge in [0, 0.05) is 19.0 Å². The monoisotopic (exact) mass is 317 g/mol. The van der Waals surface area contributed by atoms with Crippen molar-refractivity contribution < 1.29 is 9.53 Å². The summed E-state index contributed by atoms with van der Waals surface area (Å²) in [5.41, 5.74) is 2.73. The van der Waals surface area contributed by atoms with Crippen LogP contribution in [-0.2, 0) is 21.4 Å². The molecule has 1 saturated heterocycles. The van der Waals surface area contributed by atoms with Crippen molar-refractivity contribution in [3.05, 3.63) is 35.4 Å². The number of benzene rings is 1. The zero-order valence-corrected chi connectivity index (χ0v) is 15.4. The molecule has 1 heterocycles. The molecule has 1 aliphatic heterocycles. The predicted molar refractivity (Wildman–Crippen MR) is 94.6 cm³/mol. The van der Waals surface area contributed by atoms with Crippen LogP contribution in [0.2, 0.25) is 0 Å². The third kappa shape index (κ3) is 4.81. The van der Waals surface area contributed by atoms with Crippen LogP contribution in [0, 0.1) is 5.92 Å². The van der Waals surface area contributed by atoms with Crippen LogP contribution in [0.5, 0.6) is 0 Å². The van der Waals surface area contributed by atoms with Crippen LogP contribution in [-0.4, -0.2) is 36.1 Å². The lowest BCUT2D eigenvalue weighted by Crippen LogP contribution is -2.50. The second-order valence-electron chi connectivity index (χ2n) is 8.05. The molecule has 0 spiro atoms. The molecule has 2 rings (SSSR count). The standard InChI is InChI=1S/C20H31NO2/c1-14(19(22)21-12-15(2)23-16(3)13-21)11-17-7-9-18(10-8-17)20(4,5)6/h7-10,14-16H,11-13H2,1-6H3/t14?,15-,16+. The number of rotatable bonds is 3. The van der Waals surface area contributed by atoms with Crippen LogP contribution in [0.15, 0.2) is 24.3 Å². The lowest BCUT2D eigenvalue weighted by molar-refractivity contribution is -0.146. The maximum atomic E-state index is 12.7. The maximum Gasteiger partial charge on any atom is 0.225 e. The summed E-state index contributed by atoms with van der Waals surface area (Å²) in [6.45, 7) is 14.2. The third-order valence-electron chi connectivity index (χ3n) is 4.51. The first-order valence-corrected chi connectivity index (χ1v) is 8.70. The number of nitrogens with zero attached hydrogens (tertiary/aromatic N) is 1. The van der Waals surface area contributed by atoms with Gasteiger partial charge < -0.3 is 9.64 Å². The first kappa shape index (κ1) is 18.0. The molecular formula is C20H31NO2. The van der Waals surface area contributed by atoms with E-state index in [-0.39, 0.29) is 29.4 Å². The molecule has 1 fully saturated rings. The second kappa shape index (κ2) is 7.04. The van der Waals surface area contributed by atoms with Crippen LogP contribution in [0.25, 0.3) is 0 Å². The van der Waals surface area contributed by atoms with Crippen molar-refractivity contribution in [2.24, 2.45) is 5.92 Å². The minimum Gasteiger partial charge on any atom is -0.372 e. The Balaban J connectivity index is 1.98. The summed E-state index contributed by atoms with van der Waals surface area (Å²) >= 11 is 0. The highest BCUT2D eigenvalue weighted by molar-refractivity contribution is 5.79. The number of carbonyl (C=O) groups is 1. The molecule has 0 saturated carbocycles. The summed E-state index contributed by atoms with van der Waals surface area (Å²) in [5, 5.41) is 0. The number of amides is 1. The van der Waals surface area contributed by atoms with E-state index >= 15 is 0 Å². The zero-order valence-electron chi connectivity index (χ0n) is 15.4. The van der Waals surface area contributed by atoms with Crippen molar-refractivity contribution in [2.75, 3.05) is 13.1 Å². The van der Waals surface area contributed by atoms with Gasteiger partial charge in [0.05, 0.1) is 12.2 Å². The Labute approximate surface area is 141 Å². The van der Waals surface area contributed by atoms with E-state index in [0.717, 1.165) is 6.42 Å². The van der Waals surface area contributed by atoms with Gasteiger partial charge >= 0.3 is 0 Å². The SMILES string of the molecule is CC(Cc1ccc(C(C)(C)C)cc1)C(=O)N1C[C@@H](C)O[C@@H](C)C1. The van der Waals surface area contributed by atoms with E-state index in [2.05, 4.69) is 45.0 Å². The van der Waals surface area contributed by atoms with Gasteiger partial charge in [-0.25, -0.2) is 0 Å². The van der Waals surface area contributed by atoms with Crippen LogP contribution in [0.4, 0.5) is 0 Å². The maximum absolute atomic E-state index is 12.7. The molecule has 1 aromatic rings. The molecule has 1 aromatic carbocycles. The molecule has 0 aromatic heterocycles. The average Bonchev–Trinajstić information content (AvgIpc) is 2.45. The summed E-state index contributed by atoms with van der Waals surface area (Å²) in [4.78, 5) is 14.7. The molecule has 1 amide bonds. The fourth-order valence-electron chi connectivity index (χ4n) is 3.25. The molecule has 3 nitrogen and oxygen atoms in total. The van der Waals surface area contributed by atoms with Gasteiger partial charge in [0.2, 0.25) is 5.91 Å². The molecule has 1 unspecified atom stereocenters. The Morgan fingerprint density at radius 1 is 1.17 bits per heavy atom. The minimum atomic E-state index is 0.00740. The van der Waals surface area contributed by atoms with Gasteiger partial charge in [0.25, 0.3) is 0 Å². The van der Waals surface area contributed by atoms with Crippen LogP contribution in [0.3, 0.4) is 0 Å². The topological polar surface area (TPSA) is 29.5 Å².